The zero-order chi connectivity index (χ0) is 15.4. The lowest BCUT2D eigenvalue weighted by atomic mass is 10.2. The highest BCUT2D eigenvalue weighted by atomic mass is 19.1. The van der Waals surface area contributed by atoms with Crippen molar-refractivity contribution in [3.05, 3.63) is 41.7 Å². The second kappa shape index (κ2) is 6.39. The van der Waals surface area contributed by atoms with Gasteiger partial charge in [-0.2, -0.15) is 0 Å². The van der Waals surface area contributed by atoms with E-state index in [0.29, 0.717) is 17.9 Å². The third-order valence-corrected chi connectivity index (χ3v) is 2.76. The molecular weight excluding hydrogens is 271 g/mol. The Bertz CT molecular complexity index is 614. The summed E-state index contributed by atoms with van der Waals surface area (Å²) in [5, 5.41) is 3.12. The van der Waals surface area contributed by atoms with Crippen LogP contribution in [0.4, 0.5) is 15.8 Å². The fourth-order valence-electron chi connectivity index (χ4n) is 1.76. The highest BCUT2D eigenvalue weighted by molar-refractivity contribution is 5.68. The number of benzene rings is 1. The predicted molar refractivity (Wildman–Crippen MR) is 80.7 cm³/mol. The van der Waals surface area contributed by atoms with Crippen LogP contribution in [0, 0.1) is 12.7 Å². The molecule has 0 saturated heterocycles. The van der Waals surface area contributed by atoms with E-state index in [1.165, 1.54) is 6.07 Å². The summed E-state index contributed by atoms with van der Waals surface area (Å²) in [7, 11) is 0. The summed E-state index contributed by atoms with van der Waals surface area (Å²) in [5.41, 5.74) is 8.37. The van der Waals surface area contributed by atoms with Gasteiger partial charge in [0.1, 0.15) is 0 Å². The van der Waals surface area contributed by atoms with E-state index < -0.39 is 5.82 Å². The van der Waals surface area contributed by atoms with Gasteiger partial charge in [0.25, 0.3) is 0 Å². The second-order valence-corrected chi connectivity index (χ2v) is 5.04. The van der Waals surface area contributed by atoms with Gasteiger partial charge in [-0.05, 0) is 20.8 Å². The van der Waals surface area contributed by atoms with E-state index in [1.54, 1.807) is 18.5 Å². The molecule has 0 spiro atoms. The van der Waals surface area contributed by atoms with Gasteiger partial charge in [-0.1, -0.05) is 0 Å². The van der Waals surface area contributed by atoms with Gasteiger partial charge in [-0.3, -0.25) is 9.97 Å². The third-order valence-electron chi connectivity index (χ3n) is 2.76. The van der Waals surface area contributed by atoms with Crippen LogP contribution in [0.5, 0.6) is 5.75 Å². The number of nitrogens with one attached hydrogen (secondary N) is 1. The minimum absolute atomic E-state index is 0.112. The molecule has 0 amide bonds. The van der Waals surface area contributed by atoms with E-state index in [2.05, 4.69) is 15.3 Å². The zero-order valence-corrected chi connectivity index (χ0v) is 12.4. The van der Waals surface area contributed by atoms with E-state index in [4.69, 9.17) is 10.5 Å². The fourth-order valence-corrected chi connectivity index (χ4v) is 1.76. The highest BCUT2D eigenvalue weighted by Crippen LogP contribution is 2.29. The lowest BCUT2D eigenvalue weighted by Gasteiger charge is -2.15. The number of rotatable bonds is 5. The Hall–Kier alpha value is -2.37. The number of ether oxygens (including phenoxy) is 1. The quantitative estimate of drug-likeness (QED) is 0.828. The number of aromatic nitrogens is 2. The number of aryl methyl sites for hydroxylation is 1. The summed E-state index contributed by atoms with van der Waals surface area (Å²) in [6.45, 7) is 6.00. The monoisotopic (exact) mass is 290 g/mol. The van der Waals surface area contributed by atoms with Crippen molar-refractivity contribution in [3.63, 3.8) is 0 Å². The van der Waals surface area contributed by atoms with Crippen molar-refractivity contribution in [2.45, 2.75) is 33.4 Å². The lowest BCUT2D eigenvalue weighted by molar-refractivity contribution is 0.231. The van der Waals surface area contributed by atoms with Gasteiger partial charge in [0.05, 0.1) is 41.6 Å². The molecule has 0 saturated carbocycles. The summed E-state index contributed by atoms with van der Waals surface area (Å²) in [4.78, 5) is 8.41. The van der Waals surface area contributed by atoms with Gasteiger partial charge in [0.2, 0.25) is 0 Å². The van der Waals surface area contributed by atoms with Crippen LogP contribution in [0.15, 0.2) is 24.5 Å². The Morgan fingerprint density at radius 1 is 1.29 bits per heavy atom. The molecule has 5 nitrogen and oxygen atoms in total. The molecule has 0 aliphatic carbocycles. The standard InChI is InChI=1S/C15H19FN4O/c1-9(2)21-15-5-14(13(17)4-12(15)16)20-8-11-7-18-10(3)6-19-11/h4-7,9,20H,8,17H2,1-3H3. The fraction of sp³-hybridized carbons (Fsp3) is 0.333. The van der Waals surface area contributed by atoms with Gasteiger partial charge >= 0.3 is 0 Å². The highest BCUT2D eigenvalue weighted by Gasteiger charge is 2.10. The summed E-state index contributed by atoms with van der Waals surface area (Å²) in [5.74, 6) is -0.293. The second-order valence-electron chi connectivity index (χ2n) is 5.04. The maximum atomic E-state index is 13.7. The van der Waals surface area contributed by atoms with Crippen molar-refractivity contribution < 1.29 is 9.13 Å². The van der Waals surface area contributed by atoms with E-state index in [9.17, 15) is 4.39 Å². The molecule has 21 heavy (non-hydrogen) atoms. The third kappa shape index (κ3) is 4.05. The number of hydrogen-bond donors (Lipinski definition) is 2. The van der Waals surface area contributed by atoms with Crippen molar-refractivity contribution >= 4 is 11.4 Å². The molecule has 0 atom stereocenters. The van der Waals surface area contributed by atoms with E-state index in [-0.39, 0.29) is 11.9 Å². The van der Waals surface area contributed by atoms with Crippen LogP contribution in [0.1, 0.15) is 25.2 Å². The van der Waals surface area contributed by atoms with E-state index in [0.717, 1.165) is 11.4 Å². The maximum absolute atomic E-state index is 13.7. The van der Waals surface area contributed by atoms with Gasteiger partial charge in [-0.25, -0.2) is 4.39 Å². The number of anilines is 2. The first-order valence-corrected chi connectivity index (χ1v) is 6.72. The van der Waals surface area contributed by atoms with Crippen LogP contribution in [-0.4, -0.2) is 16.1 Å². The van der Waals surface area contributed by atoms with Crippen molar-refractivity contribution in [1.29, 1.82) is 0 Å². The molecule has 112 valence electrons. The average molecular weight is 290 g/mol. The number of halogens is 1. The van der Waals surface area contributed by atoms with Crippen LogP contribution in [0.3, 0.4) is 0 Å². The summed E-state index contributed by atoms with van der Waals surface area (Å²) in [6.07, 6.45) is 3.27. The molecule has 2 aromatic rings. The molecule has 6 heteroatoms. The molecule has 1 aromatic heterocycles. The molecule has 0 unspecified atom stereocenters. The normalized spacial score (nSPS) is 10.7. The summed E-state index contributed by atoms with van der Waals surface area (Å²) < 4.78 is 19.2. The van der Waals surface area contributed by atoms with Crippen LogP contribution in [-0.2, 0) is 6.54 Å². The van der Waals surface area contributed by atoms with Crippen molar-refractivity contribution in [3.8, 4) is 5.75 Å². The number of nitrogen functional groups attached to an aromatic ring is 1. The molecule has 0 aliphatic rings. The molecule has 0 radical (unpaired) electrons. The Morgan fingerprint density at radius 3 is 2.67 bits per heavy atom. The average Bonchev–Trinajstić information content (AvgIpc) is 2.42. The number of nitrogens with two attached hydrogens (primary N) is 1. The lowest BCUT2D eigenvalue weighted by Crippen LogP contribution is -2.09. The maximum Gasteiger partial charge on any atom is 0.167 e. The Kier molecular flexibility index (Phi) is 4.57. The Morgan fingerprint density at radius 2 is 2.05 bits per heavy atom. The molecule has 0 aliphatic heterocycles. The Labute approximate surface area is 123 Å². The minimum Gasteiger partial charge on any atom is -0.488 e. The first-order valence-electron chi connectivity index (χ1n) is 6.72. The number of nitrogens with zero attached hydrogens (tertiary/aromatic N) is 2. The molecule has 0 bridgehead atoms. The Balaban J connectivity index is 2.13. The van der Waals surface area contributed by atoms with Crippen LogP contribution in [0.2, 0.25) is 0 Å². The van der Waals surface area contributed by atoms with E-state index in [1.807, 2.05) is 20.8 Å². The summed E-state index contributed by atoms with van der Waals surface area (Å²) in [6, 6.07) is 2.81. The van der Waals surface area contributed by atoms with Gasteiger partial charge < -0.3 is 15.8 Å². The SMILES string of the molecule is Cc1cnc(CNc2cc(OC(C)C)c(F)cc2N)cn1. The molecule has 3 N–H and O–H groups in total. The van der Waals surface area contributed by atoms with Crippen molar-refractivity contribution in [2.24, 2.45) is 0 Å². The van der Waals surface area contributed by atoms with Crippen molar-refractivity contribution in [1.82, 2.24) is 9.97 Å². The van der Waals surface area contributed by atoms with Crippen LogP contribution < -0.4 is 15.8 Å². The van der Waals surface area contributed by atoms with Gasteiger partial charge in [-0.15, -0.1) is 0 Å². The van der Waals surface area contributed by atoms with Crippen LogP contribution in [0.25, 0.3) is 0 Å². The molecular formula is C15H19FN4O. The minimum atomic E-state index is -0.470. The largest absolute Gasteiger partial charge is 0.488 e. The van der Waals surface area contributed by atoms with Gasteiger partial charge in [0.15, 0.2) is 11.6 Å². The number of hydrogen-bond acceptors (Lipinski definition) is 5. The predicted octanol–water partition coefficient (Wildman–Crippen LogP) is 2.91. The van der Waals surface area contributed by atoms with Crippen LogP contribution >= 0.6 is 0 Å². The van der Waals surface area contributed by atoms with Gasteiger partial charge in [0, 0.05) is 18.3 Å². The molecule has 2 rings (SSSR count). The van der Waals surface area contributed by atoms with E-state index >= 15 is 0 Å². The first kappa shape index (κ1) is 15.0. The zero-order valence-electron chi connectivity index (χ0n) is 12.4. The smallest absolute Gasteiger partial charge is 0.167 e. The summed E-state index contributed by atoms with van der Waals surface area (Å²) >= 11 is 0. The molecule has 1 aromatic carbocycles. The topological polar surface area (TPSA) is 73.1 Å². The molecule has 0 fully saturated rings. The first-order chi connectivity index (χ1) is 9.95. The molecule has 1 heterocycles. The van der Waals surface area contributed by atoms with Crippen molar-refractivity contribution in [2.75, 3.05) is 11.1 Å².